The maximum Gasteiger partial charge on any atom is 0.455 e. The van der Waals surface area contributed by atoms with Crippen LogP contribution >= 0.6 is 0 Å². The zero-order valence-electron chi connectivity index (χ0n) is 7.84. The molecule has 0 spiro atoms. The molecule has 1 heterocycles. The zero-order valence-corrected chi connectivity index (χ0v) is 7.84. The highest BCUT2D eigenvalue weighted by molar-refractivity contribution is 5.01. The van der Waals surface area contributed by atoms with Crippen LogP contribution in [0.3, 0.4) is 0 Å². The normalized spacial score (nSPS) is 20.0. The van der Waals surface area contributed by atoms with Crippen LogP contribution in [-0.4, -0.2) is 15.7 Å². The topological polar surface area (TPSA) is 64.9 Å². The van der Waals surface area contributed by atoms with Crippen LogP contribution in [0, 0.1) is 0 Å². The van der Waals surface area contributed by atoms with E-state index in [1.165, 1.54) is 0 Å². The van der Waals surface area contributed by atoms with Gasteiger partial charge in [0, 0.05) is 12.0 Å². The van der Waals surface area contributed by atoms with E-state index in [0.29, 0.717) is 0 Å². The van der Waals surface area contributed by atoms with Crippen molar-refractivity contribution in [3.05, 3.63) is 11.7 Å². The Hall–Kier alpha value is -1.11. The van der Waals surface area contributed by atoms with E-state index < -0.39 is 17.5 Å². The third kappa shape index (κ3) is 2.11. The Morgan fingerprint density at radius 1 is 1.40 bits per heavy atom. The van der Waals surface area contributed by atoms with Crippen LogP contribution < -0.4 is 5.73 Å². The molecule has 2 N–H and O–H groups in total. The lowest BCUT2D eigenvalue weighted by atomic mass is 9.75. The largest absolute Gasteiger partial charge is 0.455 e. The van der Waals surface area contributed by atoms with E-state index in [9.17, 15) is 13.2 Å². The van der Waals surface area contributed by atoms with E-state index in [1.54, 1.807) is 0 Å². The highest BCUT2D eigenvalue weighted by Gasteiger charge is 2.39. The number of rotatable bonds is 2. The molecule has 0 radical (unpaired) electrons. The van der Waals surface area contributed by atoms with Crippen molar-refractivity contribution >= 4 is 0 Å². The summed E-state index contributed by atoms with van der Waals surface area (Å²) in [5.41, 5.74) is 5.40. The predicted molar refractivity (Wildman–Crippen MR) is 43.8 cm³/mol. The van der Waals surface area contributed by atoms with Crippen molar-refractivity contribution in [3.63, 3.8) is 0 Å². The third-order valence-electron chi connectivity index (χ3n) is 2.57. The van der Waals surface area contributed by atoms with E-state index in [1.807, 2.05) is 0 Å². The molecule has 0 saturated heterocycles. The molecule has 7 heteroatoms. The number of aromatic nitrogens is 2. The monoisotopic (exact) mass is 221 g/mol. The molecular weight excluding hydrogens is 211 g/mol. The SMILES string of the molecule is NC1(Cc2nc(C(F)(F)F)no2)CCC1. The Balaban J connectivity index is 2.07. The molecule has 1 saturated carbocycles. The molecule has 1 fully saturated rings. The minimum absolute atomic E-state index is 0.0375. The molecule has 0 aromatic carbocycles. The van der Waals surface area contributed by atoms with E-state index in [2.05, 4.69) is 14.7 Å². The average Bonchev–Trinajstić information content (AvgIpc) is 2.49. The van der Waals surface area contributed by atoms with Crippen LogP contribution in [0.5, 0.6) is 0 Å². The Labute approximate surface area is 83.6 Å². The van der Waals surface area contributed by atoms with Crippen molar-refractivity contribution < 1.29 is 17.7 Å². The number of nitrogens with zero attached hydrogens (tertiary/aromatic N) is 2. The molecule has 84 valence electrons. The van der Waals surface area contributed by atoms with Crippen molar-refractivity contribution in [1.82, 2.24) is 10.1 Å². The summed E-state index contributed by atoms with van der Waals surface area (Å²) in [6.45, 7) is 0. The fraction of sp³-hybridized carbons (Fsp3) is 0.750. The smallest absolute Gasteiger partial charge is 0.339 e. The van der Waals surface area contributed by atoms with Crippen LogP contribution in [0.2, 0.25) is 0 Å². The van der Waals surface area contributed by atoms with E-state index in [-0.39, 0.29) is 12.3 Å². The predicted octanol–water partition coefficient (Wildman–Crippen LogP) is 1.51. The molecular formula is C8H10F3N3O. The van der Waals surface area contributed by atoms with Gasteiger partial charge in [-0.3, -0.25) is 0 Å². The summed E-state index contributed by atoms with van der Waals surface area (Å²) in [4.78, 5) is 3.27. The summed E-state index contributed by atoms with van der Waals surface area (Å²) in [7, 11) is 0. The lowest BCUT2D eigenvalue weighted by Crippen LogP contribution is -2.48. The Kier molecular flexibility index (Phi) is 2.22. The van der Waals surface area contributed by atoms with Gasteiger partial charge in [0.1, 0.15) is 0 Å². The minimum Gasteiger partial charge on any atom is -0.339 e. The maximum absolute atomic E-state index is 12.1. The van der Waals surface area contributed by atoms with Crippen LogP contribution in [0.15, 0.2) is 4.52 Å². The van der Waals surface area contributed by atoms with E-state index >= 15 is 0 Å². The van der Waals surface area contributed by atoms with Gasteiger partial charge in [0.05, 0.1) is 0 Å². The molecule has 1 aromatic heterocycles. The van der Waals surface area contributed by atoms with Gasteiger partial charge in [-0.05, 0) is 19.3 Å². The van der Waals surface area contributed by atoms with Crippen molar-refractivity contribution in [2.45, 2.75) is 37.4 Å². The molecule has 0 atom stereocenters. The minimum atomic E-state index is -4.55. The number of hydrogen-bond acceptors (Lipinski definition) is 4. The van der Waals surface area contributed by atoms with Gasteiger partial charge >= 0.3 is 6.18 Å². The molecule has 4 nitrogen and oxygen atoms in total. The summed E-state index contributed by atoms with van der Waals surface area (Å²) < 4.78 is 40.8. The Morgan fingerprint density at radius 2 is 2.07 bits per heavy atom. The van der Waals surface area contributed by atoms with Crippen LogP contribution in [0.1, 0.15) is 31.0 Å². The first-order valence-corrected chi connectivity index (χ1v) is 4.58. The first-order valence-electron chi connectivity index (χ1n) is 4.58. The number of alkyl halides is 3. The average molecular weight is 221 g/mol. The van der Waals surface area contributed by atoms with Gasteiger partial charge in [-0.15, -0.1) is 0 Å². The molecule has 0 aliphatic heterocycles. The summed E-state index contributed by atoms with van der Waals surface area (Å²) in [5, 5.41) is 2.86. The Bertz CT molecular complexity index is 356. The highest BCUT2D eigenvalue weighted by atomic mass is 19.4. The van der Waals surface area contributed by atoms with Gasteiger partial charge in [0.25, 0.3) is 5.82 Å². The first-order chi connectivity index (χ1) is 6.89. The molecule has 2 rings (SSSR count). The fourth-order valence-corrected chi connectivity index (χ4v) is 1.55. The van der Waals surface area contributed by atoms with Crippen LogP contribution in [-0.2, 0) is 12.6 Å². The van der Waals surface area contributed by atoms with Crippen molar-refractivity contribution in [1.29, 1.82) is 0 Å². The second-order valence-corrected chi connectivity index (χ2v) is 3.90. The van der Waals surface area contributed by atoms with Crippen molar-refractivity contribution in [2.75, 3.05) is 0 Å². The van der Waals surface area contributed by atoms with E-state index in [4.69, 9.17) is 5.73 Å². The van der Waals surface area contributed by atoms with Gasteiger partial charge in [-0.2, -0.15) is 18.2 Å². The summed E-state index contributed by atoms with van der Waals surface area (Å²) in [5.74, 6) is -1.27. The second kappa shape index (κ2) is 3.19. The molecule has 1 aliphatic rings. The van der Waals surface area contributed by atoms with E-state index in [0.717, 1.165) is 19.3 Å². The van der Waals surface area contributed by atoms with Gasteiger partial charge in [-0.25, -0.2) is 0 Å². The first kappa shape index (κ1) is 10.4. The van der Waals surface area contributed by atoms with Crippen molar-refractivity contribution in [3.8, 4) is 0 Å². The summed E-state index contributed by atoms with van der Waals surface area (Å²) >= 11 is 0. The Morgan fingerprint density at radius 3 is 2.47 bits per heavy atom. The molecule has 1 aliphatic carbocycles. The molecule has 15 heavy (non-hydrogen) atoms. The summed E-state index contributed by atoms with van der Waals surface area (Å²) in [6, 6.07) is 0. The standard InChI is InChI=1S/C8H10F3N3O/c9-8(10,11)6-13-5(15-14-6)4-7(12)2-1-3-7/h1-4,12H2. The molecule has 0 bridgehead atoms. The highest BCUT2D eigenvalue weighted by Crippen LogP contribution is 2.33. The molecule has 0 amide bonds. The lowest BCUT2D eigenvalue weighted by Gasteiger charge is -2.36. The van der Waals surface area contributed by atoms with Crippen molar-refractivity contribution in [2.24, 2.45) is 5.73 Å². The third-order valence-corrected chi connectivity index (χ3v) is 2.57. The lowest BCUT2D eigenvalue weighted by molar-refractivity contribution is -0.146. The quantitative estimate of drug-likeness (QED) is 0.822. The second-order valence-electron chi connectivity index (χ2n) is 3.90. The molecule has 0 unspecified atom stereocenters. The number of hydrogen-bond donors (Lipinski definition) is 1. The van der Waals surface area contributed by atoms with Gasteiger partial charge in [0.2, 0.25) is 5.89 Å². The number of nitrogens with two attached hydrogens (primary N) is 1. The van der Waals surface area contributed by atoms with Gasteiger partial charge in [-0.1, -0.05) is 5.16 Å². The van der Waals surface area contributed by atoms with Gasteiger partial charge in [0.15, 0.2) is 0 Å². The van der Waals surface area contributed by atoms with Crippen LogP contribution in [0.4, 0.5) is 13.2 Å². The number of halogens is 3. The van der Waals surface area contributed by atoms with Crippen LogP contribution in [0.25, 0.3) is 0 Å². The van der Waals surface area contributed by atoms with Gasteiger partial charge < -0.3 is 10.3 Å². The summed E-state index contributed by atoms with van der Waals surface area (Å²) in [6.07, 6.45) is -1.76. The zero-order chi connectivity index (χ0) is 11.1. The molecule has 1 aromatic rings. The fourth-order valence-electron chi connectivity index (χ4n) is 1.55. The maximum atomic E-state index is 12.1.